The average molecular weight is 387 g/mol. The average Bonchev–Trinajstić information content (AvgIpc) is 3.09. The van der Waals surface area contributed by atoms with Crippen LogP contribution in [0.25, 0.3) is 0 Å². The number of primary amides is 1. The van der Waals surface area contributed by atoms with Crippen molar-refractivity contribution in [1.29, 1.82) is 0 Å². The highest BCUT2D eigenvalue weighted by molar-refractivity contribution is 6.00. The lowest BCUT2D eigenvalue weighted by Gasteiger charge is -2.32. The van der Waals surface area contributed by atoms with Crippen molar-refractivity contribution in [2.75, 3.05) is 31.1 Å². The molecule has 1 atom stereocenters. The molecule has 2 aliphatic heterocycles. The Morgan fingerprint density at radius 2 is 1.75 bits per heavy atom. The number of likely N-dealkylation sites (tertiary alicyclic amines) is 1. The molecule has 2 aliphatic rings. The van der Waals surface area contributed by atoms with Crippen LogP contribution in [0.2, 0.25) is 0 Å². The van der Waals surface area contributed by atoms with Crippen LogP contribution in [0.4, 0.5) is 5.69 Å². The molecule has 0 spiro atoms. The number of amides is 3. The molecule has 0 radical (unpaired) electrons. The summed E-state index contributed by atoms with van der Waals surface area (Å²) in [5.41, 5.74) is 6.41. The Kier molecular flexibility index (Phi) is 5.96. The number of esters is 1. The number of rotatable bonds is 5. The van der Waals surface area contributed by atoms with Crippen LogP contribution < -0.4 is 10.6 Å². The molecule has 2 saturated heterocycles. The van der Waals surface area contributed by atoms with Crippen molar-refractivity contribution in [3.05, 3.63) is 29.8 Å². The van der Waals surface area contributed by atoms with E-state index in [0.717, 1.165) is 0 Å². The number of benzene rings is 1. The first-order valence-corrected chi connectivity index (χ1v) is 9.56. The third-order valence-electron chi connectivity index (χ3n) is 5.37. The van der Waals surface area contributed by atoms with Gasteiger partial charge in [0.05, 0.1) is 18.1 Å². The minimum Gasteiger partial charge on any atom is -0.462 e. The molecule has 1 aromatic carbocycles. The van der Waals surface area contributed by atoms with Gasteiger partial charge in [0.15, 0.2) is 0 Å². The number of hydrogen-bond donors (Lipinski definition) is 1. The predicted octanol–water partition coefficient (Wildman–Crippen LogP) is 0.940. The van der Waals surface area contributed by atoms with Gasteiger partial charge in [-0.3, -0.25) is 14.4 Å². The molecule has 1 aromatic rings. The monoisotopic (exact) mass is 387 g/mol. The van der Waals surface area contributed by atoms with Gasteiger partial charge in [-0.25, -0.2) is 4.79 Å². The van der Waals surface area contributed by atoms with Crippen molar-refractivity contribution >= 4 is 29.4 Å². The number of nitrogens with zero attached hydrogens (tertiary/aromatic N) is 2. The SMILES string of the molecule is CCOC(=O)c1ccc(N2CC(C(=O)N3CCC(C(N)=O)CC3)CC2=O)cc1. The first-order valence-electron chi connectivity index (χ1n) is 9.56. The minimum atomic E-state index is -0.408. The van der Waals surface area contributed by atoms with Crippen molar-refractivity contribution in [2.24, 2.45) is 17.6 Å². The van der Waals surface area contributed by atoms with Crippen molar-refractivity contribution in [3.8, 4) is 0 Å². The summed E-state index contributed by atoms with van der Waals surface area (Å²) >= 11 is 0. The van der Waals surface area contributed by atoms with Crippen molar-refractivity contribution in [1.82, 2.24) is 4.90 Å². The van der Waals surface area contributed by atoms with Crippen LogP contribution in [-0.2, 0) is 19.1 Å². The van der Waals surface area contributed by atoms with Gasteiger partial charge in [0, 0.05) is 37.7 Å². The molecule has 150 valence electrons. The van der Waals surface area contributed by atoms with Gasteiger partial charge in [0.2, 0.25) is 17.7 Å². The van der Waals surface area contributed by atoms with Gasteiger partial charge in [-0.15, -0.1) is 0 Å². The van der Waals surface area contributed by atoms with Crippen molar-refractivity contribution in [3.63, 3.8) is 0 Å². The maximum Gasteiger partial charge on any atom is 0.338 e. The Morgan fingerprint density at radius 3 is 2.32 bits per heavy atom. The molecule has 2 N–H and O–H groups in total. The van der Waals surface area contributed by atoms with Crippen LogP contribution in [0.15, 0.2) is 24.3 Å². The van der Waals surface area contributed by atoms with E-state index in [1.54, 1.807) is 41.0 Å². The summed E-state index contributed by atoms with van der Waals surface area (Å²) in [6.45, 7) is 3.33. The highest BCUT2D eigenvalue weighted by Crippen LogP contribution is 2.28. The first kappa shape index (κ1) is 19.9. The minimum absolute atomic E-state index is 0.0538. The molecule has 0 aliphatic carbocycles. The molecule has 28 heavy (non-hydrogen) atoms. The summed E-state index contributed by atoms with van der Waals surface area (Å²) in [5, 5.41) is 0. The molecule has 8 heteroatoms. The number of anilines is 1. The molecule has 2 fully saturated rings. The van der Waals surface area contributed by atoms with Crippen LogP contribution in [0, 0.1) is 11.8 Å². The highest BCUT2D eigenvalue weighted by atomic mass is 16.5. The molecule has 3 rings (SSSR count). The zero-order chi connectivity index (χ0) is 20.3. The van der Waals surface area contributed by atoms with Gasteiger partial charge in [-0.05, 0) is 44.0 Å². The van der Waals surface area contributed by atoms with E-state index in [2.05, 4.69) is 0 Å². The topological polar surface area (TPSA) is 110 Å². The van der Waals surface area contributed by atoms with Gasteiger partial charge in [0.25, 0.3) is 0 Å². The molecule has 0 bridgehead atoms. The predicted molar refractivity (Wildman–Crippen MR) is 101 cm³/mol. The Hall–Kier alpha value is -2.90. The fourth-order valence-corrected chi connectivity index (χ4v) is 3.76. The van der Waals surface area contributed by atoms with E-state index in [9.17, 15) is 19.2 Å². The zero-order valence-electron chi connectivity index (χ0n) is 15.9. The molecule has 3 amide bonds. The smallest absolute Gasteiger partial charge is 0.338 e. The van der Waals surface area contributed by atoms with Crippen LogP contribution in [-0.4, -0.2) is 54.8 Å². The van der Waals surface area contributed by atoms with E-state index in [1.807, 2.05) is 0 Å². The maximum atomic E-state index is 12.8. The van der Waals surface area contributed by atoms with Crippen molar-refractivity contribution < 1.29 is 23.9 Å². The zero-order valence-corrected chi connectivity index (χ0v) is 15.9. The molecule has 8 nitrogen and oxygen atoms in total. The summed E-state index contributed by atoms with van der Waals surface area (Å²) in [4.78, 5) is 51.5. The van der Waals surface area contributed by atoms with E-state index in [1.165, 1.54) is 0 Å². The summed E-state index contributed by atoms with van der Waals surface area (Å²) < 4.78 is 4.95. The fraction of sp³-hybridized carbons (Fsp3) is 0.500. The normalized spacial score (nSPS) is 20.3. The molecular formula is C20H25N3O5. The Bertz CT molecular complexity index is 769. The number of piperidine rings is 1. The number of carbonyl (C=O) groups excluding carboxylic acids is 4. The van der Waals surface area contributed by atoms with E-state index >= 15 is 0 Å². The van der Waals surface area contributed by atoms with Crippen LogP contribution in [0.1, 0.15) is 36.5 Å². The molecular weight excluding hydrogens is 362 g/mol. The van der Waals surface area contributed by atoms with E-state index < -0.39 is 11.9 Å². The highest BCUT2D eigenvalue weighted by Gasteiger charge is 2.38. The summed E-state index contributed by atoms with van der Waals surface area (Å²) in [6, 6.07) is 6.61. The van der Waals surface area contributed by atoms with Crippen LogP contribution >= 0.6 is 0 Å². The van der Waals surface area contributed by atoms with Crippen LogP contribution in [0.3, 0.4) is 0 Å². The first-order chi connectivity index (χ1) is 13.4. The lowest BCUT2D eigenvalue weighted by atomic mass is 9.95. The van der Waals surface area contributed by atoms with Crippen molar-refractivity contribution in [2.45, 2.75) is 26.2 Å². The Morgan fingerprint density at radius 1 is 1.11 bits per heavy atom. The van der Waals surface area contributed by atoms with Gasteiger partial charge >= 0.3 is 5.97 Å². The molecule has 2 heterocycles. The van der Waals surface area contributed by atoms with E-state index in [4.69, 9.17) is 10.5 Å². The Labute approximate surface area is 163 Å². The summed E-state index contributed by atoms with van der Waals surface area (Å²) in [7, 11) is 0. The molecule has 1 unspecified atom stereocenters. The van der Waals surface area contributed by atoms with E-state index in [0.29, 0.717) is 50.3 Å². The summed E-state index contributed by atoms with van der Waals surface area (Å²) in [6.07, 6.45) is 1.30. The number of ether oxygens (including phenoxy) is 1. The lowest BCUT2D eigenvalue weighted by molar-refractivity contribution is -0.138. The van der Waals surface area contributed by atoms with Gasteiger partial charge in [-0.1, -0.05) is 0 Å². The number of carbonyl (C=O) groups is 4. The number of nitrogens with two attached hydrogens (primary N) is 1. The fourth-order valence-electron chi connectivity index (χ4n) is 3.76. The summed E-state index contributed by atoms with van der Waals surface area (Å²) in [5.74, 6) is -1.47. The molecule has 0 saturated carbocycles. The third-order valence-corrected chi connectivity index (χ3v) is 5.37. The molecule has 0 aromatic heterocycles. The maximum absolute atomic E-state index is 12.8. The lowest BCUT2D eigenvalue weighted by Crippen LogP contribution is -2.44. The largest absolute Gasteiger partial charge is 0.462 e. The van der Waals surface area contributed by atoms with Gasteiger partial charge < -0.3 is 20.3 Å². The second-order valence-electron chi connectivity index (χ2n) is 7.17. The second kappa shape index (κ2) is 8.41. The Balaban J connectivity index is 1.61. The van der Waals surface area contributed by atoms with Gasteiger partial charge in [0.1, 0.15) is 0 Å². The second-order valence-corrected chi connectivity index (χ2v) is 7.17. The standard InChI is InChI=1S/C20H25N3O5/c1-2-28-20(27)14-3-5-16(6-4-14)23-12-15(11-17(23)24)19(26)22-9-7-13(8-10-22)18(21)25/h3-6,13,15H,2,7-12H2,1H3,(H2,21,25). The van der Waals surface area contributed by atoms with Gasteiger partial charge in [-0.2, -0.15) is 0 Å². The third kappa shape index (κ3) is 4.16. The van der Waals surface area contributed by atoms with Crippen LogP contribution in [0.5, 0.6) is 0 Å². The number of hydrogen-bond acceptors (Lipinski definition) is 5. The van der Waals surface area contributed by atoms with E-state index in [-0.39, 0.29) is 30.1 Å². The quantitative estimate of drug-likeness (QED) is 0.756.